The van der Waals surface area contributed by atoms with Crippen LogP contribution in [0.5, 0.6) is 0 Å². The molecule has 0 saturated carbocycles. The Bertz CT molecular complexity index is 1030. The summed E-state index contributed by atoms with van der Waals surface area (Å²) in [5.41, 5.74) is 2.60. The average Bonchev–Trinajstić information content (AvgIpc) is 3.05. The highest BCUT2D eigenvalue weighted by molar-refractivity contribution is 7.98. The number of hydrogen-bond donors (Lipinski definition) is 1. The van der Waals surface area contributed by atoms with Gasteiger partial charge in [-0.05, 0) is 12.1 Å². The lowest BCUT2D eigenvalue weighted by Gasteiger charge is -2.08. The zero-order valence-corrected chi connectivity index (χ0v) is 14.8. The van der Waals surface area contributed by atoms with Crippen LogP contribution in [0.15, 0.2) is 48.5 Å². The molecule has 4 aromatic rings. The minimum atomic E-state index is 0.147. The summed E-state index contributed by atoms with van der Waals surface area (Å²) in [6, 6.07) is 15.7. The molecule has 4 rings (SSSR count). The predicted molar refractivity (Wildman–Crippen MR) is 102 cm³/mol. The molecule has 25 heavy (non-hydrogen) atoms. The van der Waals surface area contributed by atoms with Crippen LogP contribution >= 0.6 is 23.4 Å². The van der Waals surface area contributed by atoms with E-state index in [0.29, 0.717) is 16.5 Å². The molecule has 0 aliphatic rings. The van der Waals surface area contributed by atoms with Crippen molar-refractivity contribution in [3.63, 3.8) is 0 Å². The number of benzene rings is 2. The van der Waals surface area contributed by atoms with Gasteiger partial charge in [-0.2, -0.15) is 21.4 Å². The average molecular weight is 371 g/mol. The van der Waals surface area contributed by atoms with Gasteiger partial charge in [-0.25, -0.2) is 0 Å². The molecule has 0 bridgehead atoms. The van der Waals surface area contributed by atoms with Gasteiger partial charge in [0.25, 0.3) is 0 Å². The van der Waals surface area contributed by atoms with E-state index in [1.165, 1.54) is 0 Å². The van der Waals surface area contributed by atoms with Crippen LogP contribution in [0.2, 0.25) is 5.02 Å². The first-order valence-electron chi connectivity index (χ1n) is 7.85. The lowest BCUT2D eigenvalue weighted by atomic mass is 10.1. The minimum Gasteiger partial charge on any atom is -0.396 e. The molecule has 0 aliphatic heterocycles. The Hall–Kier alpha value is -2.15. The van der Waals surface area contributed by atoms with E-state index in [1.54, 1.807) is 16.3 Å². The monoisotopic (exact) mass is 370 g/mol. The van der Waals surface area contributed by atoms with Crippen LogP contribution in [0.4, 0.5) is 0 Å². The van der Waals surface area contributed by atoms with E-state index in [4.69, 9.17) is 21.8 Å². The lowest BCUT2D eigenvalue weighted by Crippen LogP contribution is -2.01. The summed E-state index contributed by atoms with van der Waals surface area (Å²) in [5, 5.41) is 25.1. The molecule has 7 heteroatoms. The molecule has 0 unspecified atom stereocenters. The number of nitrogens with zero attached hydrogens (tertiary/aromatic N) is 4. The third kappa shape index (κ3) is 3.08. The van der Waals surface area contributed by atoms with Crippen molar-refractivity contribution in [2.24, 2.45) is 0 Å². The van der Waals surface area contributed by atoms with E-state index in [-0.39, 0.29) is 6.61 Å². The van der Waals surface area contributed by atoms with Crippen molar-refractivity contribution >= 4 is 39.8 Å². The molecule has 2 aromatic carbocycles. The van der Waals surface area contributed by atoms with Crippen molar-refractivity contribution in [3.8, 4) is 11.3 Å². The fourth-order valence-electron chi connectivity index (χ4n) is 2.76. The number of hydrogen-bond acceptors (Lipinski definition) is 5. The Labute approximate surface area is 153 Å². The van der Waals surface area contributed by atoms with Gasteiger partial charge in [0.2, 0.25) is 0 Å². The molecule has 0 radical (unpaired) electrons. The molecular formula is C18H15ClN4OS. The van der Waals surface area contributed by atoms with Crippen LogP contribution in [-0.4, -0.2) is 37.3 Å². The summed E-state index contributed by atoms with van der Waals surface area (Å²) in [5.74, 6) is 2.08. The van der Waals surface area contributed by atoms with Crippen LogP contribution in [-0.2, 0) is 5.75 Å². The Morgan fingerprint density at radius 3 is 2.52 bits per heavy atom. The lowest BCUT2D eigenvalue weighted by molar-refractivity contribution is 0.322. The topological polar surface area (TPSA) is 63.3 Å². The van der Waals surface area contributed by atoms with E-state index >= 15 is 0 Å². The molecule has 126 valence electrons. The van der Waals surface area contributed by atoms with Gasteiger partial charge in [0, 0.05) is 27.1 Å². The second-order valence-corrected chi connectivity index (χ2v) is 7.07. The maximum atomic E-state index is 8.97. The molecule has 5 nitrogen and oxygen atoms in total. The fourth-order valence-corrected chi connectivity index (χ4v) is 3.52. The van der Waals surface area contributed by atoms with Gasteiger partial charge in [-0.1, -0.05) is 48.0 Å². The molecule has 2 heterocycles. The summed E-state index contributed by atoms with van der Waals surface area (Å²) in [7, 11) is 0. The van der Waals surface area contributed by atoms with E-state index in [9.17, 15) is 0 Å². The number of thioether (sulfide) groups is 1. The standard InChI is InChI=1S/C18H15ClN4OS/c19-13-7-5-12(6-8-13)17-14-3-1-2-4-15(14)18-21-20-16(23(18)22-17)11-25-10-9-24/h1-8,24H,9-11H2. The number of aliphatic hydroxyl groups excluding tert-OH is 1. The van der Waals surface area contributed by atoms with Crippen molar-refractivity contribution in [1.29, 1.82) is 0 Å². The Morgan fingerprint density at radius 2 is 1.76 bits per heavy atom. The van der Waals surface area contributed by atoms with Crippen molar-refractivity contribution in [2.75, 3.05) is 12.4 Å². The fraction of sp³-hybridized carbons (Fsp3) is 0.167. The van der Waals surface area contributed by atoms with Crippen molar-refractivity contribution in [1.82, 2.24) is 19.8 Å². The van der Waals surface area contributed by atoms with Gasteiger partial charge in [-0.3, -0.25) is 0 Å². The first-order valence-corrected chi connectivity index (χ1v) is 9.39. The summed E-state index contributed by atoms with van der Waals surface area (Å²) in [6.07, 6.45) is 0. The molecule has 2 aromatic heterocycles. The molecule has 0 atom stereocenters. The second kappa shape index (κ2) is 7.00. The quantitative estimate of drug-likeness (QED) is 0.541. The van der Waals surface area contributed by atoms with Gasteiger partial charge >= 0.3 is 0 Å². The minimum absolute atomic E-state index is 0.147. The van der Waals surface area contributed by atoms with Crippen molar-refractivity contribution in [3.05, 3.63) is 59.4 Å². The third-order valence-corrected chi connectivity index (χ3v) is 5.10. The third-order valence-electron chi connectivity index (χ3n) is 3.91. The number of rotatable bonds is 5. The Morgan fingerprint density at radius 1 is 1.00 bits per heavy atom. The van der Waals surface area contributed by atoms with Crippen LogP contribution in [0.25, 0.3) is 27.7 Å². The van der Waals surface area contributed by atoms with Crippen molar-refractivity contribution < 1.29 is 5.11 Å². The zero-order chi connectivity index (χ0) is 17.2. The number of aromatic nitrogens is 4. The van der Waals surface area contributed by atoms with Crippen LogP contribution in [0.3, 0.4) is 0 Å². The second-order valence-electron chi connectivity index (χ2n) is 5.53. The highest BCUT2D eigenvalue weighted by atomic mass is 35.5. The van der Waals surface area contributed by atoms with E-state index in [0.717, 1.165) is 33.5 Å². The van der Waals surface area contributed by atoms with Gasteiger partial charge in [-0.15, -0.1) is 10.2 Å². The highest BCUT2D eigenvalue weighted by Gasteiger charge is 2.15. The summed E-state index contributed by atoms with van der Waals surface area (Å²) >= 11 is 7.63. The Kier molecular flexibility index (Phi) is 4.57. The first-order chi connectivity index (χ1) is 12.3. The van der Waals surface area contributed by atoms with Gasteiger partial charge in [0.1, 0.15) is 0 Å². The smallest absolute Gasteiger partial charge is 0.185 e. The van der Waals surface area contributed by atoms with Gasteiger partial charge < -0.3 is 5.11 Å². The normalized spacial score (nSPS) is 11.4. The summed E-state index contributed by atoms with van der Waals surface area (Å²) in [4.78, 5) is 0. The van der Waals surface area contributed by atoms with E-state index < -0.39 is 0 Å². The molecule has 0 spiro atoms. The van der Waals surface area contributed by atoms with Gasteiger partial charge in [0.05, 0.1) is 18.1 Å². The summed E-state index contributed by atoms with van der Waals surface area (Å²) in [6.45, 7) is 0.147. The highest BCUT2D eigenvalue weighted by Crippen LogP contribution is 2.30. The number of aliphatic hydroxyl groups is 1. The van der Waals surface area contributed by atoms with Gasteiger partial charge in [0.15, 0.2) is 11.5 Å². The molecule has 0 aliphatic carbocycles. The molecule has 1 N–H and O–H groups in total. The molecule has 0 fully saturated rings. The predicted octanol–water partition coefficient (Wildman–Crippen LogP) is 3.82. The maximum absolute atomic E-state index is 8.97. The van der Waals surface area contributed by atoms with E-state index in [2.05, 4.69) is 10.2 Å². The number of halogens is 1. The largest absolute Gasteiger partial charge is 0.396 e. The van der Waals surface area contributed by atoms with Crippen LogP contribution in [0.1, 0.15) is 5.82 Å². The number of fused-ring (bicyclic) bond motifs is 3. The summed E-state index contributed by atoms with van der Waals surface area (Å²) < 4.78 is 1.80. The van der Waals surface area contributed by atoms with Crippen LogP contribution in [0, 0.1) is 0 Å². The molecular weight excluding hydrogens is 356 g/mol. The zero-order valence-electron chi connectivity index (χ0n) is 13.3. The van der Waals surface area contributed by atoms with Crippen molar-refractivity contribution in [2.45, 2.75) is 5.75 Å². The Balaban J connectivity index is 1.93. The van der Waals surface area contributed by atoms with Crippen LogP contribution < -0.4 is 0 Å². The first kappa shape index (κ1) is 16.3. The SMILES string of the molecule is OCCSCc1nnc2c3ccccc3c(-c3ccc(Cl)cc3)nn12. The molecule has 0 saturated heterocycles. The van der Waals surface area contributed by atoms with E-state index in [1.807, 2.05) is 48.5 Å². The maximum Gasteiger partial charge on any atom is 0.185 e. The molecule has 0 amide bonds.